The average Bonchev–Trinajstić information content (AvgIpc) is 2.65. The topological polar surface area (TPSA) is 240 Å². The number of hydrogen-bond acceptors (Lipinski definition) is 12. The first-order valence-corrected chi connectivity index (χ1v) is 7.99. The lowest BCUT2D eigenvalue weighted by molar-refractivity contribution is -0.289. The molecule has 0 bridgehead atoms. The van der Waals surface area contributed by atoms with Crippen LogP contribution in [0.5, 0.6) is 0 Å². The van der Waals surface area contributed by atoms with E-state index in [1.54, 1.807) is 0 Å². The molecular weight excluding hydrogens is 374 g/mol. The Hall–Kier alpha value is -1.26. The van der Waals surface area contributed by atoms with E-state index in [0.29, 0.717) is 0 Å². The van der Waals surface area contributed by atoms with E-state index in [4.69, 9.17) is 30.5 Å². The largest absolute Gasteiger partial charge is 0.475 e. The molecule has 158 valence electrons. The lowest BCUT2D eigenvalue weighted by Gasteiger charge is -2.42. The van der Waals surface area contributed by atoms with Crippen LogP contribution in [0, 0.1) is 0 Å². The molecular formula is C14H25NO12. The first kappa shape index (κ1) is 23.8. The van der Waals surface area contributed by atoms with Gasteiger partial charge in [-0.15, -0.1) is 0 Å². The Morgan fingerprint density at radius 3 is 2.15 bits per heavy atom. The Kier molecular flexibility index (Phi) is 9.10. The van der Waals surface area contributed by atoms with Crippen molar-refractivity contribution >= 4 is 11.8 Å². The molecule has 1 aliphatic heterocycles. The van der Waals surface area contributed by atoms with Crippen molar-refractivity contribution in [3.05, 3.63) is 0 Å². The van der Waals surface area contributed by atoms with E-state index in [-0.39, 0.29) is 0 Å². The number of ether oxygens (including phenoxy) is 2. The zero-order chi connectivity index (χ0) is 20.9. The highest BCUT2D eigenvalue weighted by atomic mass is 16.7. The Labute approximate surface area is 153 Å². The number of aliphatic carboxylic acids is 1. The van der Waals surface area contributed by atoms with Crippen molar-refractivity contribution in [2.24, 2.45) is 5.73 Å². The number of rotatable bonds is 10. The molecule has 1 heterocycles. The molecule has 1 rings (SSSR count). The number of hydrogen-bond donors (Lipinski definition) is 9. The fourth-order valence-corrected chi connectivity index (χ4v) is 2.47. The zero-order valence-electron chi connectivity index (χ0n) is 14.1. The van der Waals surface area contributed by atoms with Gasteiger partial charge in [-0.2, -0.15) is 0 Å². The van der Waals surface area contributed by atoms with Crippen molar-refractivity contribution in [3.63, 3.8) is 0 Å². The van der Waals surface area contributed by atoms with Gasteiger partial charge in [-0.3, -0.25) is 4.79 Å². The molecule has 27 heavy (non-hydrogen) atoms. The number of aliphatic hydroxyl groups is 7. The van der Waals surface area contributed by atoms with Gasteiger partial charge in [0.2, 0.25) is 5.78 Å². The first-order valence-electron chi connectivity index (χ1n) is 7.99. The van der Waals surface area contributed by atoms with Gasteiger partial charge in [-0.05, 0) is 0 Å². The van der Waals surface area contributed by atoms with Crippen LogP contribution in [0.3, 0.4) is 0 Å². The molecule has 1 aliphatic rings. The number of ketones is 1. The molecule has 0 aliphatic carbocycles. The van der Waals surface area contributed by atoms with Gasteiger partial charge in [0.25, 0.3) is 0 Å². The summed E-state index contributed by atoms with van der Waals surface area (Å²) in [5.41, 5.74) is 5.65. The monoisotopic (exact) mass is 399 g/mol. The van der Waals surface area contributed by atoms with E-state index in [2.05, 4.69) is 0 Å². The average molecular weight is 399 g/mol. The smallest absolute Gasteiger partial charge is 0.372 e. The molecule has 0 amide bonds. The Balaban J connectivity index is 3.01. The Morgan fingerprint density at radius 2 is 1.67 bits per heavy atom. The minimum absolute atomic E-state index is 0.738. The molecule has 13 heteroatoms. The zero-order valence-corrected chi connectivity index (χ0v) is 14.1. The van der Waals surface area contributed by atoms with Gasteiger partial charge >= 0.3 is 5.97 Å². The van der Waals surface area contributed by atoms with Crippen LogP contribution in [-0.2, 0) is 19.1 Å². The van der Waals surface area contributed by atoms with Gasteiger partial charge < -0.3 is 56.1 Å². The maximum Gasteiger partial charge on any atom is 0.372 e. The summed E-state index contributed by atoms with van der Waals surface area (Å²) in [4.78, 5) is 22.3. The van der Waals surface area contributed by atoms with Crippen molar-refractivity contribution in [1.29, 1.82) is 0 Å². The number of carbonyl (C=O) groups is 2. The Bertz CT molecular complexity index is 502. The molecule has 0 aromatic carbocycles. The number of nitrogens with two attached hydrogens (primary N) is 1. The second-order valence-electron chi connectivity index (χ2n) is 6.12. The standard InChI is InChI=1S/C14H25NO12/c15-8-12(23)11(22)7(3-17)27-14(8)26-6(1-4(18)13(24)25)10(21)9(20)5(19)2-16/h5-12,14,16-17,19-23H,1-3,15H2,(H,24,25)/t5-,6-,7-,8-,9-,10-,11-,12-,14+/m1/s1. The molecule has 10 N–H and O–H groups in total. The molecule has 1 fully saturated rings. The van der Waals surface area contributed by atoms with E-state index in [0.717, 1.165) is 0 Å². The van der Waals surface area contributed by atoms with E-state index >= 15 is 0 Å². The summed E-state index contributed by atoms with van der Waals surface area (Å²) >= 11 is 0. The maximum atomic E-state index is 11.5. The van der Waals surface area contributed by atoms with E-state index in [1.165, 1.54) is 0 Å². The molecule has 9 atom stereocenters. The minimum Gasteiger partial charge on any atom is -0.475 e. The fraction of sp³-hybridized carbons (Fsp3) is 0.857. The van der Waals surface area contributed by atoms with E-state index in [1.807, 2.05) is 0 Å². The number of aliphatic hydroxyl groups excluding tert-OH is 7. The molecule has 0 aromatic rings. The summed E-state index contributed by atoms with van der Waals surface area (Å²) < 4.78 is 10.4. The SMILES string of the molecule is N[C@H]1[C@@H](O[C@H](CC(=O)C(=O)O)[C@@H](O)[C@H](O)[C@H](O)CO)O[C@H](CO)[C@@H](O)[C@@H]1O. The summed E-state index contributed by atoms with van der Waals surface area (Å²) in [6.45, 7) is -1.69. The maximum absolute atomic E-state index is 11.5. The van der Waals surface area contributed by atoms with E-state index < -0.39 is 86.4 Å². The number of carbonyl (C=O) groups excluding carboxylic acids is 1. The van der Waals surface area contributed by atoms with Gasteiger partial charge in [-0.1, -0.05) is 0 Å². The second kappa shape index (κ2) is 10.3. The summed E-state index contributed by atoms with van der Waals surface area (Å²) in [6, 6.07) is -1.42. The van der Waals surface area contributed by atoms with Gasteiger partial charge in [-0.25, -0.2) is 4.79 Å². The summed E-state index contributed by atoms with van der Waals surface area (Å²) in [7, 11) is 0. The molecule has 0 radical (unpaired) electrons. The predicted octanol–water partition coefficient (Wildman–Crippen LogP) is -5.74. The first-order chi connectivity index (χ1) is 12.5. The van der Waals surface area contributed by atoms with Crippen molar-refractivity contribution in [3.8, 4) is 0 Å². The van der Waals surface area contributed by atoms with Gasteiger partial charge in [0, 0.05) is 6.42 Å². The van der Waals surface area contributed by atoms with Crippen molar-refractivity contribution < 1.29 is 59.9 Å². The van der Waals surface area contributed by atoms with Crippen LogP contribution in [0.2, 0.25) is 0 Å². The number of carboxylic acid groups (broad SMARTS) is 1. The minimum atomic E-state index is -2.05. The highest BCUT2D eigenvalue weighted by molar-refractivity contribution is 6.32. The van der Waals surface area contributed by atoms with Crippen LogP contribution >= 0.6 is 0 Å². The second-order valence-corrected chi connectivity index (χ2v) is 6.12. The lowest BCUT2D eigenvalue weighted by atomic mass is 9.96. The molecule has 1 saturated heterocycles. The van der Waals surface area contributed by atoms with Crippen LogP contribution in [0.1, 0.15) is 6.42 Å². The lowest BCUT2D eigenvalue weighted by Crippen LogP contribution is -2.63. The van der Waals surface area contributed by atoms with Gasteiger partial charge in [0.15, 0.2) is 6.29 Å². The van der Waals surface area contributed by atoms with Crippen molar-refractivity contribution in [2.75, 3.05) is 13.2 Å². The van der Waals surface area contributed by atoms with Gasteiger partial charge in [0.1, 0.15) is 36.6 Å². The number of Topliss-reactive ketones (excluding diaryl/α,β-unsaturated/α-hetero) is 1. The third kappa shape index (κ3) is 5.86. The van der Waals surface area contributed by atoms with Crippen LogP contribution < -0.4 is 5.73 Å². The molecule has 0 saturated carbocycles. The number of carboxylic acids is 1. The normalized spacial score (nSPS) is 33.1. The fourth-order valence-electron chi connectivity index (χ4n) is 2.47. The quantitative estimate of drug-likeness (QED) is 0.156. The van der Waals surface area contributed by atoms with Crippen LogP contribution in [0.15, 0.2) is 0 Å². The van der Waals surface area contributed by atoms with Crippen LogP contribution in [-0.4, -0.2) is 121 Å². The Morgan fingerprint density at radius 1 is 1.07 bits per heavy atom. The van der Waals surface area contributed by atoms with Gasteiger partial charge in [0.05, 0.1) is 25.4 Å². The molecule has 0 spiro atoms. The highest BCUT2D eigenvalue weighted by Crippen LogP contribution is 2.24. The summed E-state index contributed by atoms with van der Waals surface area (Å²) in [5, 5.41) is 75.7. The summed E-state index contributed by atoms with van der Waals surface area (Å²) in [5.74, 6) is -3.26. The highest BCUT2D eigenvalue weighted by Gasteiger charge is 2.45. The third-order valence-electron chi connectivity index (χ3n) is 4.17. The summed E-state index contributed by atoms with van der Waals surface area (Å²) in [6.07, 6.45) is -14.8. The van der Waals surface area contributed by atoms with Crippen molar-refractivity contribution in [2.45, 2.75) is 61.5 Å². The third-order valence-corrected chi connectivity index (χ3v) is 4.17. The molecule has 0 unspecified atom stereocenters. The van der Waals surface area contributed by atoms with Crippen molar-refractivity contribution in [1.82, 2.24) is 0 Å². The van der Waals surface area contributed by atoms with Crippen LogP contribution in [0.4, 0.5) is 0 Å². The molecule has 0 aromatic heterocycles. The van der Waals surface area contributed by atoms with Crippen LogP contribution in [0.25, 0.3) is 0 Å². The predicted molar refractivity (Wildman–Crippen MR) is 83.0 cm³/mol. The van der Waals surface area contributed by atoms with E-state index in [9.17, 15) is 35.1 Å². The molecule has 13 nitrogen and oxygen atoms in total.